The number of aromatic nitrogens is 2. The number of aryl methyl sites for hydroxylation is 1. The molecular formula is C10H9ClN2S. The Bertz CT molecular complexity index is 422. The molecule has 0 radical (unpaired) electrons. The van der Waals surface area contributed by atoms with Crippen molar-refractivity contribution in [1.82, 2.24) is 10.2 Å². The average Bonchev–Trinajstić information content (AvgIpc) is 2.56. The van der Waals surface area contributed by atoms with Gasteiger partial charge in [-0.3, -0.25) is 0 Å². The van der Waals surface area contributed by atoms with Gasteiger partial charge in [-0.05, 0) is 24.1 Å². The Morgan fingerprint density at radius 3 is 2.50 bits per heavy atom. The van der Waals surface area contributed by atoms with Crippen LogP contribution in [0.1, 0.15) is 16.1 Å². The van der Waals surface area contributed by atoms with Crippen molar-refractivity contribution in [3.63, 3.8) is 0 Å². The highest BCUT2D eigenvalue weighted by Gasteiger charge is 2.02. The minimum Gasteiger partial charge on any atom is -0.142 e. The van der Waals surface area contributed by atoms with Crippen LogP contribution in [-0.4, -0.2) is 10.2 Å². The van der Waals surface area contributed by atoms with Crippen LogP contribution >= 0.6 is 22.9 Å². The Morgan fingerprint density at radius 1 is 1.21 bits per heavy atom. The van der Waals surface area contributed by atoms with E-state index in [0.717, 1.165) is 11.4 Å². The molecule has 0 saturated heterocycles. The zero-order valence-electron chi connectivity index (χ0n) is 7.70. The molecule has 0 fully saturated rings. The minimum atomic E-state index is 0.507. The molecule has 72 valence electrons. The Labute approximate surface area is 91.6 Å². The monoisotopic (exact) mass is 224 g/mol. The SMILES string of the molecule is Cc1ccc(Cc2nnc(Cl)s2)cc1. The van der Waals surface area contributed by atoms with Gasteiger partial charge in [0.05, 0.1) is 0 Å². The maximum absolute atomic E-state index is 5.70. The van der Waals surface area contributed by atoms with Gasteiger partial charge in [0.15, 0.2) is 0 Å². The second kappa shape index (κ2) is 4.07. The van der Waals surface area contributed by atoms with Crippen molar-refractivity contribution in [3.8, 4) is 0 Å². The van der Waals surface area contributed by atoms with Gasteiger partial charge in [0.2, 0.25) is 4.47 Å². The summed E-state index contributed by atoms with van der Waals surface area (Å²) in [5.74, 6) is 0. The Hall–Kier alpha value is -0.930. The van der Waals surface area contributed by atoms with Crippen molar-refractivity contribution in [2.75, 3.05) is 0 Å². The first-order valence-corrected chi connectivity index (χ1v) is 5.47. The molecular weight excluding hydrogens is 216 g/mol. The van der Waals surface area contributed by atoms with Crippen LogP contribution in [0, 0.1) is 6.92 Å². The highest BCUT2D eigenvalue weighted by molar-refractivity contribution is 7.15. The maximum Gasteiger partial charge on any atom is 0.207 e. The van der Waals surface area contributed by atoms with Crippen molar-refractivity contribution in [2.24, 2.45) is 0 Å². The van der Waals surface area contributed by atoms with E-state index in [0.29, 0.717) is 4.47 Å². The molecule has 0 aliphatic heterocycles. The molecule has 1 heterocycles. The molecule has 4 heteroatoms. The average molecular weight is 225 g/mol. The third-order valence-electron chi connectivity index (χ3n) is 1.92. The van der Waals surface area contributed by atoms with Crippen LogP contribution in [0.5, 0.6) is 0 Å². The third kappa shape index (κ3) is 2.30. The van der Waals surface area contributed by atoms with E-state index in [1.807, 2.05) is 0 Å². The topological polar surface area (TPSA) is 25.8 Å². The van der Waals surface area contributed by atoms with Gasteiger partial charge in [0.25, 0.3) is 0 Å². The zero-order valence-corrected chi connectivity index (χ0v) is 9.27. The molecule has 2 rings (SSSR count). The smallest absolute Gasteiger partial charge is 0.142 e. The first-order valence-electron chi connectivity index (χ1n) is 4.27. The summed E-state index contributed by atoms with van der Waals surface area (Å²) in [6.45, 7) is 2.07. The van der Waals surface area contributed by atoms with Gasteiger partial charge in [-0.15, -0.1) is 10.2 Å². The molecule has 0 bridgehead atoms. The van der Waals surface area contributed by atoms with Gasteiger partial charge in [0, 0.05) is 6.42 Å². The zero-order chi connectivity index (χ0) is 9.97. The van der Waals surface area contributed by atoms with E-state index in [1.165, 1.54) is 22.5 Å². The Kier molecular flexibility index (Phi) is 2.79. The van der Waals surface area contributed by atoms with Crippen molar-refractivity contribution < 1.29 is 0 Å². The number of hydrogen-bond acceptors (Lipinski definition) is 3. The van der Waals surface area contributed by atoms with Crippen LogP contribution in [-0.2, 0) is 6.42 Å². The van der Waals surface area contributed by atoms with Crippen LogP contribution in [0.25, 0.3) is 0 Å². The first kappa shape index (κ1) is 9.62. The molecule has 0 amide bonds. The van der Waals surface area contributed by atoms with Gasteiger partial charge >= 0.3 is 0 Å². The van der Waals surface area contributed by atoms with Crippen LogP contribution in [0.15, 0.2) is 24.3 Å². The normalized spacial score (nSPS) is 10.4. The highest BCUT2D eigenvalue weighted by Crippen LogP contribution is 2.18. The van der Waals surface area contributed by atoms with E-state index >= 15 is 0 Å². The van der Waals surface area contributed by atoms with E-state index in [4.69, 9.17) is 11.6 Å². The second-order valence-electron chi connectivity index (χ2n) is 3.11. The van der Waals surface area contributed by atoms with E-state index in [-0.39, 0.29) is 0 Å². The molecule has 1 aromatic heterocycles. The highest BCUT2D eigenvalue weighted by atomic mass is 35.5. The lowest BCUT2D eigenvalue weighted by molar-refractivity contribution is 1.00. The quantitative estimate of drug-likeness (QED) is 0.784. The third-order valence-corrected chi connectivity index (χ3v) is 2.94. The molecule has 0 spiro atoms. The molecule has 2 nitrogen and oxygen atoms in total. The van der Waals surface area contributed by atoms with Gasteiger partial charge in [-0.25, -0.2) is 0 Å². The van der Waals surface area contributed by atoms with E-state index in [1.54, 1.807) is 0 Å². The molecule has 14 heavy (non-hydrogen) atoms. The standard InChI is InChI=1S/C10H9ClN2S/c1-7-2-4-8(5-3-7)6-9-12-13-10(11)14-9/h2-5H,6H2,1H3. The lowest BCUT2D eigenvalue weighted by atomic mass is 10.1. The molecule has 1 aromatic carbocycles. The summed E-state index contributed by atoms with van der Waals surface area (Å²) >= 11 is 7.13. The lowest BCUT2D eigenvalue weighted by Crippen LogP contribution is -1.87. The second-order valence-corrected chi connectivity index (χ2v) is 4.76. The predicted molar refractivity (Wildman–Crippen MR) is 58.9 cm³/mol. The van der Waals surface area contributed by atoms with Gasteiger partial charge in [-0.2, -0.15) is 0 Å². The van der Waals surface area contributed by atoms with Crippen molar-refractivity contribution >= 4 is 22.9 Å². The summed E-state index contributed by atoms with van der Waals surface area (Å²) in [5, 5.41) is 8.69. The molecule has 0 N–H and O–H groups in total. The van der Waals surface area contributed by atoms with Crippen molar-refractivity contribution in [3.05, 3.63) is 44.9 Å². The van der Waals surface area contributed by atoms with Crippen LogP contribution in [0.2, 0.25) is 4.47 Å². The summed E-state index contributed by atoms with van der Waals surface area (Å²) in [6, 6.07) is 8.39. The van der Waals surface area contributed by atoms with E-state index in [2.05, 4.69) is 41.4 Å². The molecule has 0 atom stereocenters. The summed E-state index contributed by atoms with van der Waals surface area (Å²) < 4.78 is 0.507. The molecule has 0 saturated carbocycles. The van der Waals surface area contributed by atoms with Crippen LogP contribution < -0.4 is 0 Å². The van der Waals surface area contributed by atoms with E-state index in [9.17, 15) is 0 Å². The Balaban J connectivity index is 2.15. The number of nitrogens with zero attached hydrogens (tertiary/aromatic N) is 2. The number of benzene rings is 1. The van der Waals surface area contributed by atoms with Crippen molar-refractivity contribution in [2.45, 2.75) is 13.3 Å². The molecule has 2 aromatic rings. The largest absolute Gasteiger partial charge is 0.207 e. The molecule has 0 unspecified atom stereocenters. The summed E-state index contributed by atoms with van der Waals surface area (Å²) in [4.78, 5) is 0. The predicted octanol–water partition coefficient (Wildman–Crippen LogP) is 3.09. The van der Waals surface area contributed by atoms with Gasteiger partial charge in [-0.1, -0.05) is 41.2 Å². The maximum atomic E-state index is 5.70. The molecule has 0 aliphatic rings. The minimum absolute atomic E-state index is 0.507. The van der Waals surface area contributed by atoms with Crippen LogP contribution in [0.4, 0.5) is 0 Å². The number of halogens is 1. The fourth-order valence-electron chi connectivity index (χ4n) is 1.19. The van der Waals surface area contributed by atoms with Crippen LogP contribution in [0.3, 0.4) is 0 Å². The van der Waals surface area contributed by atoms with Gasteiger partial charge in [0.1, 0.15) is 5.01 Å². The number of rotatable bonds is 2. The molecule has 0 aliphatic carbocycles. The Morgan fingerprint density at radius 2 is 1.93 bits per heavy atom. The fourth-order valence-corrected chi connectivity index (χ4v) is 2.09. The van der Waals surface area contributed by atoms with Crippen molar-refractivity contribution in [1.29, 1.82) is 0 Å². The number of hydrogen-bond donors (Lipinski definition) is 0. The van der Waals surface area contributed by atoms with E-state index < -0.39 is 0 Å². The van der Waals surface area contributed by atoms with Gasteiger partial charge < -0.3 is 0 Å². The lowest BCUT2D eigenvalue weighted by Gasteiger charge is -1.97. The summed E-state index contributed by atoms with van der Waals surface area (Å²) in [5.41, 5.74) is 2.51. The summed E-state index contributed by atoms with van der Waals surface area (Å²) in [6.07, 6.45) is 0.810. The summed E-state index contributed by atoms with van der Waals surface area (Å²) in [7, 11) is 0. The first-order chi connectivity index (χ1) is 6.74. The fraction of sp³-hybridized carbons (Fsp3) is 0.200.